The highest BCUT2D eigenvalue weighted by Gasteiger charge is 2.22. The summed E-state index contributed by atoms with van der Waals surface area (Å²) in [7, 11) is 1.35. The Labute approximate surface area is 174 Å². The predicted octanol–water partition coefficient (Wildman–Crippen LogP) is 1.42. The van der Waals surface area contributed by atoms with Crippen LogP contribution in [0.15, 0.2) is 41.3 Å². The van der Waals surface area contributed by atoms with E-state index in [0.29, 0.717) is 5.75 Å². The first-order valence-electron chi connectivity index (χ1n) is 8.56. The number of carbonyl (C=O) groups is 2. The Bertz CT molecular complexity index is 1020. The lowest BCUT2D eigenvalue weighted by molar-refractivity contribution is -0.122. The van der Waals surface area contributed by atoms with E-state index in [1.807, 2.05) is 0 Å². The number of hydrogen-bond donors (Lipinski definition) is 2. The molecule has 0 bridgehead atoms. The minimum absolute atomic E-state index is 0.0422. The van der Waals surface area contributed by atoms with E-state index in [9.17, 15) is 18.0 Å². The van der Waals surface area contributed by atoms with E-state index in [4.69, 9.17) is 18.9 Å². The molecule has 162 valence electrons. The van der Waals surface area contributed by atoms with Crippen molar-refractivity contribution >= 4 is 27.6 Å². The van der Waals surface area contributed by atoms with Crippen molar-refractivity contribution in [3.63, 3.8) is 0 Å². The van der Waals surface area contributed by atoms with Gasteiger partial charge in [0.1, 0.15) is 5.75 Å². The molecule has 11 heteroatoms. The first-order valence-corrected chi connectivity index (χ1v) is 10.0. The van der Waals surface area contributed by atoms with Gasteiger partial charge in [0.25, 0.3) is 15.9 Å². The third-order valence-electron chi connectivity index (χ3n) is 3.96. The first-order chi connectivity index (χ1) is 14.2. The third kappa shape index (κ3) is 5.32. The Balaban J connectivity index is 2.33. The summed E-state index contributed by atoms with van der Waals surface area (Å²) in [6.45, 7) is -0.199. The van der Waals surface area contributed by atoms with E-state index in [1.165, 1.54) is 64.8 Å². The van der Waals surface area contributed by atoms with Crippen LogP contribution in [0.25, 0.3) is 0 Å². The van der Waals surface area contributed by atoms with E-state index < -0.39 is 16.0 Å². The number of amides is 1. The Hall–Kier alpha value is -3.47. The summed E-state index contributed by atoms with van der Waals surface area (Å²) in [5, 5.41) is 2.41. The highest BCUT2D eigenvalue weighted by molar-refractivity contribution is 7.92. The van der Waals surface area contributed by atoms with Crippen LogP contribution in [-0.2, 0) is 19.6 Å². The maximum atomic E-state index is 12.8. The van der Waals surface area contributed by atoms with Gasteiger partial charge in [-0.15, -0.1) is 0 Å². The number of hydrogen-bond acceptors (Lipinski definition) is 8. The Morgan fingerprint density at radius 1 is 0.967 bits per heavy atom. The van der Waals surface area contributed by atoms with Crippen LogP contribution in [0, 0.1) is 0 Å². The molecule has 0 aliphatic heterocycles. The van der Waals surface area contributed by atoms with Crippen molar-refractivity contribution in [3.8, 4) is 17.2 Å². The highest BCUT2D eigenvalue weighted by Crippen LogP contribution is 2.34. The summed E-state index contributed by atoms with van der Waals surface area (Å²) in [5.41, 5.74) is -0.0938. The lowest BCUT2D eigenvalue weighted by Gasteiger charge is -2.15. The maximum Gasteiger partial charge on any atom is 0.340 e. The van der Waals surface area contributed by atoms with Gasteiger partial charge in [-0.2, -0.15) is 0 Å². The van der Waals surface area contributed by atoms with Crippen molar-refractivity contribution in [2.45, 2.75) is 4.90 Å². The van der Waals surface area contributed by atoms with Crippen LogP contribution in [-0.4, -0.2) is 55.3 Å². The Morgan fingerprint density at radius 2 is 1.57 bits per heavy atom. The summed E-state index contributed by atoms with van der Waals surface area (Å²) in [6, 6.07) is 8.07. The maximum absolute atomic E-state index is 12.8. The molecule has 0 radical (unpaired) electrons. The van der Waals surface area contributed by atoms with E-state index in [1.54, 1.807) is 0 Å². The molecule has 0 atom stereocenters. The molecule has 2 rings (SSSR count). The van der Waals surface area contributed by atoms with Crippen molar-refractivity contribution in [3.05, 3.63) is 42.0 Å². The standard InChI is InChI=1S/C19H22N2O8S/c1-20-18(22)11-29-12-5-7-13(8-6-12)30(24,25)21-15-10-17(27-3)16(26-2)9-14(15)19(23)28-4/h5-10,21H,11H2,1-4H3,(H,20,22). The number of likely N-dealkylation sites (N-methyl/N-ethyl adjacent to an activating group) is 1. The average molecular weight is 438 g/mol. The number of esters is 1. The molecule has 2 N–H and O–H groups in total. The SMILES string of the molecule is CNC(=O)COc1ccc(S(=O)(=O)Nc2cc(OC)c(OC)cc2C(=O)OC)cc1. The number of sulfonamides is 1. The fourth-order valence-corrected chi connectivity index (χ4v) is 3.45. The molecule has 0 spiro atoms. The minimum atomic E-state index is -4.06. The molecule has 0 aromatic heterocycles. The number of anilines is 1. The number of ether oxygens (including phenoxy) is 4. The molecule has 0 aliphatic rings. The number of benzene rings is 2. The minimum Gasteiger partial charge on any atom is -0.493 e. The molecule has 0 saturated heterocycles. The lowest BCUT2D eigenvalue weighted by atomic mass is 10.1. The van der Waals surface area contributed by atoms with Crippen LogP contribution in [0.1, 0.15) is 10.4 Å². The van der Waals surface area contributed by atoms with Crippen molar-refractivity contribution < 1.29 is 37.0 Å². The quantitative estimate of drug-likeness (QED) is 0.563. The summed E-state index contributed by atoms with van der Waals surface area (Å²) < 4.78 is 48.3. The van der Waals surface area contributed by atoms with Crippen LogP contribution in [0.4, 0.5) is 5.69 Å². The second-order valence-electron chi connectivity index (χ2n) is 5.78. The molecule has 0 unspecified atom stereocenters. The molecule has 0 aliphatic carbocycles. The zero-order chi connectivity index (χ0) is 22.3. The molecular formula is C19H22N2O8S. The molecule has 0 fully saturated rings. The van der Waals surface area contributed by atoms with Crippen molar-refractivity contribution in [2.75, 3.05) is 39.7 Å². The molecule has 0 saturated carbocycles. The topological polar surface area (TPSA) is 129 Å². The van der Waals surface area contributed by atoms with Gasteiger partial charge >= 0.3 is 5.97 Å². The average Bonchev–Trinajstić information content (AvgIpc) is 2.76. The monoisotopic (exact) mass is 438 g/mol. The molecule has 0 heterocycles. The van der Waals surface area contributed by atoms with Crippen LogP contribution in [0.5, 0.6) is 17.2 Å². The smallest absolute Gasteiger partial charge is 0.340 e. The molecule has 10 nitrogen and oxygen atoms in total. The summed E-state index contributed by atoms with van der Waals surface area (Å²) in [5.74, 6) is -0.304. The van der Waals surface area contributed by atoms with Crippen LogP contribution in [0.2, 0.25) is 0 Å². The first kappa shape index (κ1) is 22.8. The van der Waals surface area contributed by atoms with Gasteiger partial charge in [0.05, 0.1) is 37.5 Å². The molecule has 1 amide bonds. The second kappa shape index (κ2) is 9.83. The van der Waals surface area contributed by atoms with Crippen LogP contribution >= 0.6 is 0 Å². The number of carbonyl (C=O) groups excluding carboxylic acids is 2. The van der Waals surface area contributed by atoms with E-state index in [-0.39, 0.29) is 40.2 Å². The molecular weight excluding hydrogens is 416 g/mol. The van der Waals surface area contributed by atoms with Gasteiger partial charge in [-0.3, -0.25) is 9.52 Å². The van der Waals surface area contributed by atoms with Gasteiger partial charge in [0, 0.05) is 19.2 Å². The van der Waals surface area contributed by atoms with Gasteiger partial charge in [0.2, 0.25) is 0 Å². The summed E-state index contributed by atoms with van der Waals surface area (Å²) in [4.78, 5) is 23.3. The van der Waals surface area contributed by atoms with Gasteiger partial charge < -0.3 is 24.3 Å². The lowest BCUT2D eigenvalue weighted by Crippen LogP contribution is -2.24. The fourth-order valence-electron chi connectivity index (χ4n) is 2.38. The van der Waals surface area contributed by atoms with E-state index >= 15 is 0 Å². The largest absolute Gasteiger partial charge is 0.493 e. The van der Waals surface area contributed by atoms with Crippen LogP contribution < -0.4 is 24.2 Å². The summed E-state index contributed by atoms with van der Waals surface area (Å²) >= 11 is 0. The Morgan fingerprint density at radius 3 is 2.10 bits per heavy atom. The molecule has 2 aromatic rings. The van der Waals surface area contributed by atoms with E-state index in [2.05, 4.69) is 10.0 Å². The van der Waals surface area contributed by atoms with Gasteiger partial charge in [-0.1, -0.05) is 0 Å². The molecule has 2 aromatic carbocycles. The molecule has 30 heavy (non-hydrogen) atoms. The van der Waals surface area contributed by atoms with Crippen molar-refractivity contribution in [1.82, 2.24) is 5.32 Å². The van der Waals surface area contributed by atoms with Gasteiger partial charge in [0.15, 0.2) is 18.1 Å². The Kier molecular flexibility index (Phi) is 7.48. The van der Waals surface area contributed by atoms with Gasteiger partial charge in [-0.05, 0) is 24.3 Å². The van der Waals surface area contributed by atoms with Crippen molar-refractivity contribution in [2.24, 2.45) is 0 Å². The van der Waals surface area contributed by atoms with E-state index in [0.717, 1.165) is 0 Å². The fraction of sp³-hybridized carbons (Fsp3) is 0.263. The number of rotatable bonds is 9. The zero-order valence-corrected chi connectivity index (χ0v) is 17.7. The second-order valence-corrected chi connectivity index (χ2v) is 7.47. The zero-order valence-electron chi connectivity index (χ0n) is 16.8. The summed E-state index contributed by atoms with van der Waals surface area (Å²) in [6.07, 6.45) is 0. The normalized spacial score (nSPS) is 10.7. The highest BCUT2D eigenvalue weighted by atomic mass is 32.2. The number of methoxy groups -OCH3 is 3. The van der Waals surface area contributed by atoms with Crippen molar-refractivity contribution in [1.29, 1.82) is 0 Å². The number of nitrogens with one attached hydrogen (secondary N) is 2. The third-order valence-corrected chi connectivity index (χ3v) is 5.34. The predicted molar refractivity (Wildman–Crippen MR) is 108 cm³/mol. The van der Waals surface area contributed by atoms with Crippen LogP contribution in [0.3, 0.4) is 0 Å². The van der Waals surface area contributed by atoms with Gasteiger partial charge in [-0.25, -0.2) is 13.2 Å².